The molecule has 0 bridgehead atoms. The van der Waals surface area contributed by atoms with Crippen LogP contribution < -0.4 is 4.90 Å². The van der Waals surface area contributed by atoms with Crippen LogP contribution in [-0.2, 0) is 0 Å². The highest BCUT2D eigenvalue weighted by atomic mass is 127. The Morgan fingerprint density at radius 1 is 1.17 bits per heavy atom. The van der Waals surface area contributed by atoms with Crippen molar-refractivity contribution in [2.45, 2.75) is 36.9 Å². The zero-order valence-electron chi connectivity index (χ0n) is 13.3. The number of benzene rings is 1. The van der Waals surface area contributed by atoms with Crippen LogP contribution in [0.15, 0.2) is 29.4 Å². The number of thioether (sulfide) groups is 1. The largest absolute Gasteiger partial charge is 0.341 e. The van der Waals surface area contributed by atoms with Gasteiger partial charge in [-0.1, -0.05) is 23.9 Å². The Morgan fingerprint density at radius 3 is 2.54 bits per heavy atom. The summed E-state index contributed by atoms with van der Waals surface area (Å²) in [7, 11) is 0. The molecule has 2 aliphatic rings. The highest BCUT2D eigenvalue weighted by Crippen LogP contribution is 2.41. The van der Waals surface area contributed by atoms with E-state index in [-0.39, 0.29) is 5.78 Å². The lowest BCUT2D eigenvalue weighted by molar-refractivity contribution is 0.102. The minimum absolute atomic E-state index is 0.143. The summed E-state index contributed by atoms with van der Waals surface area (Å²) in [5.41, 5.74) is 0.764. The van der Waals surface area contributed by atoms with Crippen molar-refractivity contribution in [1.29, 1.82) is 0 Å². The summed E-state index contributed by atoms with van der Waals surface area (Å²) in [6.07, 6.45) is 4.84. The van der Waals surface area contributed by atoms with E-state index in [1.165, 1.54) is 37.4 Å². The van der Waals surface area contributed by atoms with Gasteiger partial charge in [-0.3, -0.25) is 9.36 Å². The molecule has 1 saturated heterocycles. The zero-order valence-corrected chi connectivity index (χ0v) is 16.3. The molecule has 5 nitrogen and oxygen atoms in total. The Bertz CT molecular complexity index is 736. The SMILES string of the molecule is O=C(CSc1nnc(N2CCCC2)n1C1CC1)c1ccc(I)cc1. The molecule has 2 heterocycles. The Hall–Kier alpha value is -1.09. The van der Waals surface area contributed by atoms with E-state index in [0.29, 0.717) is 11.8 Å². The molecule has 0 N–H and O–H groups in total. The third kappa shape index (κ3) is 3.46. The maximum atomic E-state index is 12.4. The summed E-state index contributed by atoms with van der Waals surface area (Å²) >= 11 is 3.76. The van der Waals surface area contributed by atoms with E-state index in [0.717, 1.165) is 33.3 Å². The van der Waals surface area contributed by atoms with Crippen LogP contribution in [0, 0.1) is 3.57 Å². The number of ketones is 1. The van der Waals surface area contributed by atoms with Gasteiger partial charge in [0.25, 0.3) is 0 Å². The molecule has 0 spiro atoms. The van der Waals surface area contributed by atoms with Gasteiger partial charge in [-0.25, -0.2) is 0 Å². The molecule has 2 aromatic rings. The molecule has 2 fully saturated rings. The lowest BCUT2D eigenvalue weighted by Crippen LogP contribution is -2.22. The molecule has 1 aliphatic heterocycles. The third-order valence-corrected chi connectivity index (χ3v) is 6.11. The molecule has 7 heteroatoms. The molecule has 1 aromatic heterocycles. The van der Waals surface area contributed by atoms with Crippen molar-refractivity contribution in [3.8, 4) is 0 Å². The van der Waals surface area contributed by atoms with Crippen molar-refractivity contribution in [3.05, 3.63) is 33.4 Å². The predicted octanol–water partition coefficient (Wildman–Crippen LogP) is 3.79. The number of aromatic nitrogens is 3. The number of nitrogens with zero attached hydrogens (tertiary/aromatic N) is 4. The van der Waals surface area contributed by atoms with Crippen LogP contribution in [0.2, 0.25) is 0 Å². The molecule has 1 aliphatic carbocycles. The number of rotatable bonds is 6. The van der Waals surface area contributed by atoms with Crippen LogP contribution in [0.4, 0.5) is 5.95 Å². The van der Waals surface area contributed by atoms with Gasteiger partial charge < -0.3 is 4.90 Å². The fourth-order valence-corrected chi connectivity index (χ4v) is 4.26. The topological polar surface area (TPSA) is 51.0 Å². The lowest BCUT2D eigenvalue weighted by atomic mass is 10.2. The first kappa shape index (κ1) is 16.4. The number of hydrogen-bond acceptors (Lipinski definition) is 5. The van der Waals surface area contributed by atoms with Gasteiger partial charge in [0, 0.05) is 28.3 Å². The van der Waals surface area contributed by atoms with Crippen LogP contribution in [0.1, 0.15) is 42.1 Å². The molecule has 24 heavy (non-hydrogen) atoms. The third-order valence-electron chi connectivity index (χ3n) is 4.45. The Kier molecular flexibility index (Phi) is 4.80. The minimum atomic E-state index is 0.143. The highest BCUT2D eigenvalue weighted by molar-refractivity contribution is 14.1. The second kappa shape index (κ2) is 7.03. The van der Waals surface area contributed by atoms with Gasteiger partial charge in [0.1, 0.15) is 0 Å². The first-order valence-corrected chi connectivity index (χ1v) is 10.4. The van der Waals surface area contributed by atoms with Crippen LogP contribution in [-0.4, -0.2) is 39.4 Å². The van der Waals surface area contributed by atoms with Gasteiger partial charge >= 0.3 is 0 Å². The lowest BCUT2D eigenvalue weighted by Gasteiger charge is -2.17. The van der Waals surface area contributed by atoms with E-state index < -0.39 is 0 Å². The number of Topliss-reactive ketones (excluding diaryl/α,β-unsaturated/α-hetero) is 1. The maximum Gasteiger partial charge on any atom is 0.228 e. The maximum absolute atomic E-state index is 12.4. The first-order valence-electron chi connectivity index (χ1n) is 8.34. The van der Waals surface area contributed by atoms with Crippen molar-refractivity contribution < 1.29 is 4.79 Å². The molecular formula is C17H19IN4OS. The Labute approximate surface area is 159 Å². The quantitative estimate of drug-likeness (QED) is 0.378. The number of carbonyl (C=O) groups excluding carboxylic acids is 1. The van der Waals surface area contributed by atoms with Gasteiger partial charge in [-0.2, -0.15) is 0 Å². The second-order valence-corrected chi connectivity index (χ2v) is 8.48. The van der Waals surface area contributed by atoms with Gasteiger partial charge in [0.05, 0.1) is 5.75 Å². The van der Waals surface area contributed by atoms with E-state index in [1.54, 1.807) is 0 Å². The summed E-state index contributed by atoms with van der Waals surface area (Å²) in [4.78, 5) is 14.7. The zero-order chi connectivity index (χ0) is 16.5. The molecular weight excluding hydrogens is 435 g/mol. The summed E-state index contributed by atoms with van der Waals surface area (Å²) in [6.45, 7) is 2.13. The van der Waals surface area contributed by atoms with Crippen molar-refractivity contribution >= 4 is 46.1 Å². The summed E-state index contributed by atoms with van der Waals surface area (Å²) < 4.78 is 3.40. The van der Waals surface area contributed by atoms with E-state index in [1.807, 2.05) is 24.3 Å². The molecule has 0 atom stereocenters. The van der Waals surface area contributed by atoms with Crippen molar-refractivity contribution in [2.24, 2.45) is 0 Å². The molecule has 4 rings (SSSR count). The molecule has 126 valence electrons. The highest BCUT2D eigenvalue weighted by Gasteiger charge is 2.32. The van der Waals surface area contributed by atoms with E-state index in [4.69, 9.17) is 0 Å². The fourth-order valence-electron chi connectivity index (χ4n) is 3.00. The molecule has 0 amide bonds. The standard InChI is InChI=1S/C17H19IN4OS/c18-13-5-3-12(4-6-13)15(23)11-24-17-20-19-16(21-9-1-2-10-21)22(17)14-7-8-14/h3-6,14H,1-2,7-11H2. The van der Waals surface area contributed by atoms with E-state index >= 15 is 0 Å². The van der Waals surface area contributed by atoms with Gasteiger partial charge in [-0.15, -0.1) is 10.2 Å². The van der Waals surface area contributed by atoms with Crippen LogP contribution in [0.3, 0.4) is 0 Å². The van der Waals surface area contributed by atoms with Crippen molar-refractivity contribution in [1.82, 2.24) is 14.8 Å². The smallest absolute Gasteiger partial charge is 0.228 e. The Balaban J connectivity index is 1.48. The average Bonchev–Trinajstić information content (AvgIpc) is 3.11. The number of carbonyl (C=O) groups is 1. The van der Waals surface area contributed by atoms with Gasteiger partial charge in [-0.05, 0) is 60.4 Å². The normalized spacial score (nSPS) is 17.5. The van der Waals surface area contributed by atoms with Crippen molar-refractivity contribution in [2.75, 3.05) is 23.7 Å². The Morgan fingerprint density at radius 2 is 1.88 bits per heavy atom. The first-order chi connectivity index (χ1) is 11.7. The van der Waals surface area contributed by atoms with Gasteiger partial charge in [0.2, 0.25) is 5.95 Å². The van der Waals surface area contributed by atoms with Crippen LogP contribution in [0.25, 0.3) is 0 Å². The summed E-state index contributed by atoms with van der Waals surface area (Å²) in [5.74, 6) is 1.55. The minimum Gasteiger partial charge on any atom is -0.341 e. The number of anilines is 1. The number of halogens is 1. The van der Waals surface area contributed by atoms with Gasteiger partial charge in [0.15, 0.2) is 10.9 Å². The van der Waals surface area contributed by atoms with E-state index in [2.05, 4.69) is 42.3 Å². The molecule has 0 radical (unpaired) electrons. The van der Waals surface area contributed by atoms with Crippen LogP contribution >= 0.6 is 34.4 Å². The second-order valence-electron chi connectivity index (χ2n) is 6.30. The summed E-state index contributed by atoms with van der Waals surface area (Å²) in [5, 5.41) is 9.70. The fraction of sp³-hybridized carbons (Fsp3) is 0.471. The van der Waals surface area contributed by atoms with E-state index in [9.17, 15) is 4.79 Å². The molecule has 1 saturated carbocycles. The predicted molar refractivity (Wildman–Crippen MR) is 104 cm³/mol. The summed E-state index contributed by atoms with van der Waals surface area (Å²) in [6, 6.07) is 8.25. The average molecular weight is 454 g/mol. The monoisotopic (exact) mass is 454 g/mol. The number of hydrogen-bond donors (Lipinski definition) is 0. The van der Waals surface area contributed by atoms with Crippen LogP contribution in [0.5, 0.6) is 0 Å². The molecule has 0 unspecified atom stereocenters. The molecule has 1 aromatic carbocycles. The van der Waals surface area contributed by atoms with Crippen molar-refractivity contribution in [3.63, 3.8) is 0 Å².